The molecule has 3 atom stereocenters. The number of benzene rings is 4. The fraction of sp³-hybridized carbons (Fsp3) is 0.489. The molecule has 51 heavy (non-hydrogen) atoms. The molecule has 1 aliphatic rings. The molecule has 0 heterocycles. The first-order valence-electron chi connectivity index (χ1n) is 19.6. The fourth-order valence-corrected chi connectivity index (χ4v) is 5.60. The van der Waals surface area contributed by atoms with Crippen molar-refractivity contribution in [2.45, 2.75) is 142 Å². The second-order valence-corrected chi connectivity index (χ2v) is 13.3. The summed E-state index contributed by atoms with van der Waals surface area (Å²) in [6.45, 7) is 32.0. The van der Waals surface area contributed by atoms with E-state index in [9.17, 15) is 9.59 Å². The molecule has 0 aromatic heterocycles. The van der Waals surface area contributed by atoms with Gasteiger partial charge in [-0.25, -0.2) is 0 Å². The van der Waals surface area contributed by atoms with Gasteiger partial charge in [0.1, 0.15) is 0 Å². The van der Waals surface area contributed by atoms with Crippen molar-refractivity contribution < 1.29 is 9.59 Å². The predicted molar refractivity (Wildman–Crippen MR) is 224 cm³/mol. The van der Waals surface area contributed by atoms with E-state index in [0.717, 1.165) is 18.4 Å². The Kier molecular flexibility index (Phi) is 23.2. The van der Waals surface area contributed by atoms with Gasteiger partial charge >= 0.3 is 0 Å². The normalized spacial score (nSPS) is 14.2. The van der Waals surface area contributed by atoms with Gasteiger partial charge in [0.05, 0.1) is 0 Å². The highest BCUT2D eigenvalue weighted by Gasteiger charge is 2.27. The van der Waals surface area contributed by atoms with Crippen molar-refractivity contribution in [2.24, 2.45) is 11.3 Å². The maximum Gasteiger partial charge on any atom is 0.225 e. The molecule has 0 saturated carbocycles. The summed E-state index contributed by atoms with van der Waals surface area (Å²) in [6, 6.07) is 29.7. The fourth-order valence-electron chi connectivity index (χ4n) is 5.60. The number of amides is 2. The third-order valence-corrected chi connectivity index (χ3v) is 9.30. The molecular weight excluding hydrogens is 625 g/mol. The maximum absolute atomic E-state index is 11.8. The summed E-state index contributed by atoms with van der Waals surface area (Å²) in [7, 11) is 0. The number of carbonyl (C=O) groups excluding carboxylic acids is 2. The molecule has 0 saturated heterocycles. The van der Waals surface area contributed by atoms with Crippen molar-refractivity contribution in [1.29, 1.82) is 0 Å². The van der Waals surface area contributed by atoms with E-state index in [1.807, 2.05) is 106 Å². The van der Waals surface area contributed by atoms with Gasteiger partial charge in [-0.2, -0.15) is 0 Å². The Bertz CT molecular complexity index is 1490. The zero-order valence-electron chi connectivity index (χ0n) is 35.0. The summed E-state index contributed by atoms with van der Waals surface area (Å²) >= 11 is 0. The lowest BCUT2D eigenvalue weighted by Crippen LogP contribution is -2.35. The lowest BCUT2D eigenvalue weighted by atomic mass is 9.89. The van der Waals surface area contributed by atoms with Gasteiger partial charge in [-0.1, -0.05) is 186 Å². The number of aryl methyl sites for hydroxylation is 2. The minimum absolute atomic E-state index is 0.103. The van der Waals surface area contributed by atoms with Crippen molar-refractivity contribution in [1.82, 2.24) is 10.6 Å². The minimum atomic E-state index is -0.269. The second-order valence-electron chi connectivity index (χ2n) is 13.3. The van der Waals surface area contributed by atoms with Gasteiger partial charge in [0.2, 0.25) is 11.8 Å². The molecule has 0 bridgehead atoms. The highest BCUT2D eigenvalue weighted by Crippen LogP contribution is 2.45. The van der Waals surface area contributed by atoms with E-state index in [1.54, 1.807) is 0 Å². The summed E-state index contributed by atoms with van der Waals surface area (Å²) in [5.74, 6) is 1.72. The van der Waals surface area contributed by atoms with Crippen LogP contribution >= 0.6 is 0 Å². The lowest BCUT2D eigenvalue weighted by molar-refractivity contribution is -0.129. The zero-order chi connectivity index (χ0) is 39.1. The van der Waals surface area contributed by atoms with Crippen LogP contribution in [0.1, 0.15) is 148 Å². The highest BCUT2D eigenvalue weighted by atomic mass is 16.2. The first-order valence-corrected chi connectivity index (χ1v) is 19.6. The van der Waals surface area contributed by atoms with Crippen molar-refractivity contribution in [2.75, 3.05) is 0 Å². The Morgan fingerprint density at radius 2 is 1.14 bits per heavy atom. The molecule has 0 spiro atoms. The van der Waals surface area contributed by atoms with E-state index < -0.39 is 0 Å². The summed E-state index contributed by atoms with van der Waals surface area (Å²) in [5, 5.41) is 8.82. The van der Waals surface area contributed by atoms with Crippen LogP contribution in [-0.2, 0) is 22.7 Å². The van der Waals surface area contributed by atoms with Gasteiger partial charge in [0.25, 0.3) is 0 Å². The molecule has 2 N–H and O–H groups in total. The number of hydrogen-bond acceptors (Lipinski definition) is 2. The molecule has 0 radical (unpaired) electrons. The van der Waals surface area contributed by atoms with E-state index in [1.165, 1.54) is 38.6 Å². The van der Waals surface area contributed by atoms with Crippen molar-refractivity contribution in [3.8, 4) is 0 Å². The average molecular weight is 697 g/mol. The molecule has 0 aliphatic heterocycles. The van der Waals surface area contributed by atoms with Crippen molar-refractivity contribution in [3.63, 3.8) is 0 Å². The summed E-state index contributed by atoms with van der Waals surface area (Å²) in [5.41, 5.74) is 7.60. The van der Waals surface area contributed by atoms with Gasteiger partial charge in [-0.15, -0.1) is 0 Å². The SMILES string of the molecule is CC.CC.CC.CC1c2cccc3cccc(c23)C1C.CCC(C)(C)C(=O)NCc1ccccc1.CCC(C)C(=O)NCc1cc(C)cc(C)c1. The second kappa shape index (κ2) is 25.1. The molecule has 3 unspecified atom stereocenters. The van der Waals surface area contributed by atoms with Crippen molar-refractivity contribution >= 4 is 22.6 Å². The zero-order valence-corrected chi connectivity index (χ0v) is 35.0. The Labute approximate surface area is 313 Å². The molecular formula is C47H72N2O2. The van der Waals surface area contributed by atoms with Gasteiger partial charge in [-0.05, 0) is 71.6 Å². The van der Waals surface area contributed by atoms with Gasteiger partial charge in [-0.3, -0.25) is 9.59 Å². The van der Waals surface area contributed by atoms with E-state index >= 15 is 0 Å². The standard InChI is InChI=1S/C14H21NO.C14H14.C13H19NO.3C2H6/c1-5-12(4)14(16)15-9-13-7-10(2)6-11(3)8-13;1-9-10(2)13-8-4-6-11-5-3-7-12(9)14(11)13;1-4-13(2,3)12(15)14-10-11-8-6-5-7-9-11;3*1-2/h6-8,12H,5,9H2,1-4H3,(H,15,16);3-10H,1-2H3;5-9H,4,10H2,1-3H3,(H,14,15);3*1-2H3. The summed E-state index contributed by atoms with van der Waals surface area (Å²) in [4.78, 5) is 23.4. The van der Waals surface area contributed by atoms with E-state index in [4.69, 9.17) is 0 Å². The molecule has 5 rings (SSSR count). The molecule has 0 fully saturated rings. The Morgan fingerprint density at radius 1 is 0.667 bits per heavy atom. The number of carbonyl (C=O) groups is 2. The van der Waals surface area contributed by atoms with E-state index in [0.29, 0.717) is 24.9 Å². The summed E-state index contributed by atoms with van der Waals surface area (Å²) < 4.78 is 0. The van der Waals surface area contributed by atoms with Crippen molar-refractivity contribution in [3.05, 3.63) is 118 Å². The van der Waals surface area contributed by atoms with Crippen LogP contribution in [0.2, 0.25) is 0 Å². The van der Waals surface area contributed by atoms with Crippen LogP contribution in [0.15, 0.2) is 84.9 Å². The summed E-state index contributed by atoms with van der Waals surface area (Å²) in [6.07, 6.45) is 1.74. The topological polar surface area (TPSA) is 58.2 Å². The molecule has 4 aromatic rings. The Balaban J connectivity index is 0.000000684. The molecule has 4 aromatic carbocycles. The maximum atomic E-state index is 11.8. The Hall–Kier alpha value is -3.92. The lowest BCUT2D eigenvalue weighted by Gasteiger charge is -2.21. The largest absolute Gasteiger partial charge is 0.352 e. The van der Waals surface area contributed by atoms with Crippen LogP contribution in [0.25, 0.3) is 10.8 Å². The van der Waals surface area contributed by atoms with Crippen LogP contribution in [0.3, 0.4) is 0 Å². The first kappa shape index (κ1) is 47.1. The predicted octanol–water partition coefficient (Wildman–Crippen LogP) is 12.8. The van der Waals surface area contributed by atoms with Gasteiger partial charge < -0.3 is 10.6 Å². The van der Waals surface area contributed by atoms with E-state index in [2.05, 4.69) is 92.9 Å². The third kappa shape index (κ3) is 15.1. The third-order valence-electron chi connectivity index (χ3n) is 9.30. The van der Waals surface area contributed by atoms with Crippen LogP contribution < -0.4 is 10.6 Å². The quantitative estimate of drug-likeness (QED) is 0.193. The molecule has 4 nitrogen and oxygen atoms in total. The molecule has 4 heteroatoms. The van der Waals surface area contributed by atoms with Crippen LogP contribution in [0.4, 0.5) is 0 Å². The van der Waals surface area contributed by atoms with Gasteiger partial charge in [0.15, 0.2) is 0 Å². The minimum Gasteiger partial charge on any atom is -0.352 e. The molecule has 1 aliphatic carbocycles. The van der Waals surface area contributed by atoms with Crippen LogP contribution in [0, 0.1) is 25.2 Å². The highest BCUT2D eigenvalue weighted by molar-refractivity contribution is 5.92. The molecule has 282 valence electrons. The van der Waals surface area contributed by atoms with Crippen LogP contribution in [-0.4, -0.2) is 11.8 Å². The van der Waals surface area contributed by atoms with E-state index in [-0.39, 0.29) is 23.1 Å². The first-order chi connectivity index (χ1) is 24.4. The number of nitrogens with one attached hydrogen (secondary N) is 2. The monoisotopic (exact) mass is 697 g/mol. The molecule has 2 amide bonds. The number of rotatable bonds is 8. The van der Waals surface area contributed by atoms with Gasteiger partial charge in [0, 0.05) is 24.4 Å². The van der Waals surface area contributed by atoms with Crippen LogP contribution in [0.5, 0.6) is 0 Å². The average Bonchev–Trinajstić information content (AvgIpc) is 3.41. The smallest absolute Gasteiger partial charge is 0.225 e. The number of hydrogen-bond donors (Lipinski definition) is 2. The Morgan fingerprint density at radius 3 is 1.59 bits per heavy atom.